The van der Waals surface area contributed by atoms with Gasteiger partial charge in [0.15, 0.2) is 5.82 Å². The Morgan fingerprint density at radius 2 is 2.00 bits per heavy atom. The lowest BCUT2D eigenvalue weighted by atomic mass is 10.0. The van der Waals surface area contributed by atoms with Crippen LogP contribution in [0.1, 0.15) is 29.4 Å². The molecule has 0 saturated heterocycles. The van der Waals surface area contributed by atoms with Crippen molar-refractivity contribution < 1.29 is 0 Å². The number of fused-ring (bicyclic) bond motifs is 2. The number of nitrogens with zero attached hydrogens (tertiary/aromatic N) is 3. The molecule has 0 bridgehead atoms. The van der Waals surface area contributed by atoms with Crippen molar-refractivity contribution in [1.29, 1.82) is 0 Å². The van der Waals surface area contributed by atoms with Crippen LogP contribution < -0.4 is 5.32 Å². The van der Waals surface area contributed by atoms with E-state index in [1.165, 1.54) is 0 Å². The SMILES string of the molecule is CCc1cc2c(cn1)C(c1ccccc1Cl)=Nc1c(n[nH]c1C)N2. The van der Waals surface area contributed by atoms with E-state index in [9.17, 15) is 0 Å². The number of H-pyrrole nitrogens is 1. The lowest BCUT2D eigenvalue weighted by Gasteiger charge is -2.12. The molecule has 3 heterocycles. The van der Waals surface area contributed by atoms with Gasteiger partial charge >= 0.3 is 0 Å². The number of hydrogen-bond donors (Lipinski definition) is 2. The predicted octanol–water partition coefficient (Wildman–Crippen LogP) is 4.56. The van der Waals surface area contributed by atoms with E-state index in [1.54, 1.807) is 0 Å². The summed E-state index contributed by atoms with van der Waals surface area (Å²) in [6.45, 7) is 4.03. The van der Waals surface area contributed by atoms with Gasteiger partial charge in [-0.1, -0.05) is 36.7 Å². The number of aromatic nitrogens is 3. The molecule has 1 aliphatic rings. The zero-order chi connectivity index (χ0) is 16.7. The number of aliphatic imine (C=N–C) groups is 1. The van der Waals surface area contributed by atoms with Gasteiger partial charge in [0.05, 0.1) is 17.1 Å². The van der Waals surface area contributed by atoms with Gasteiger partial charge in [-0.05, 0) is 25.5 Å². The standard InChI is InChI=1S/C18H16ClN5/c1-3-11-8-15-13(9-20-11)17(12-6-4-5-7-14(12)19)22-16-10(2)23-24-18(16)21-15/h4-9H,3H2,1-2H3,(H2,21,23,24). The van der Waals surface area contributed by atoms with Crippen molar-refractivity contribution in [3.05, 3.63) is 64.1 Å². The third-order valence-electron chi connectivity index (χ3n) is 4.10. The highest BCUT2D eigenvalue weighted by atomic mass is 35.5. The lowest BCUT2D eigenvalue weighted by molar-refractivity contribution is 1.03. The molecule has 0 unspecified atom stereocenters. The Kier molecular flexibility index (Phi) is 3.58. The summed E-state index contributed by atoms with van der Waals surface area (Å²) in [7, 11) is 0. The van der Waals surface area contributed by atoms with Crippen LogP contribution in [-0.2, 0) is 6.42 Å². The van der Waals surface area contributed by atoms with E-state index < -0.39 is 0 Å². The van der Waals surface area contributed by atoms with Crippen molar-refractivity contribution in [3.8, 4) is 0 Å². The molecule has 0 radical (unpaired) electrons. The zero-order valence-corrected chi connectivity index (χ0v) is 14.1. The maximum absolute atomic E-state index is 6.43. The number of aromatic amines is 1. The first-order chi connectivity index (χ1) is 11.7. The maximum atomic E-state index is 6.43. The fraction of sp³-hybridized carbons (Fsp3) is 0.167. The summed E-state index contributed by atoms with van der Waals surface area (Å²) in [4.78, 5) is 9.40. The van der Waals surface area contributed by atoms with Gasteiger partial charge in [-0.25, -0.2) is 4.99 Å². The second-order valence-corrected chi connectivity index (χ2v) is 6.09. The van der Waals surface area contributed by atoms with E-state index in [0.29, 0.717) is 10.8 Å². The van der Waals surface area contributed by atoms with E-state index in [-0.39, 0.29) is 0 Å². The lowest BCUT2D eigenvalue weighted by Crippen LogP contribution is -2.07. The van der Waals surface area contributed by atoms with E-state index >= 15 is 0 Å². The molecule has 0 fully saturated rings. The molecule has 2 aromatic heterocycles. The fourth-order valence-electron chi connectivity index (χ4n) is 2.79. The normalized spacial score (nSPS) is 12.7. The Morgan fingerprint density at radius 1 is 1.17 bits per heavy atom. The first kappa shape index (κ1) is 14.9. The molecular weight excluding hydrogens is 322 g/mol. The summed E-state index contributed by atoms with van der Waals surface area (Å²) in [5.74, 6) is 0.712. The van der Waals surface area contributed by atoms with E-state index in [1.807, 2.05) is 43.5 Å². The van der Waals surface area contributed by atoms with Crippen molar-refractivity contribution >= 4 is 34.5 Å². The Balaban J connectivity index is 2.01. The largest absolute Gasteiger partial charge is 0.336 e. The van der Waals surface area contributed by atoms with Gasteiger partial charge in [-0.3, -0.25) is 10.1 Å². The predicted molar refractivity (Wildman–Crippen MR) is 97.0 cm³/mol. The quantitative estimate of drug-likeness (QED) is 0.563. The van der Waals surface area contributed by atoms with Crippen LogP contribution in [0.4, 0.5) is 17.2 Å². The van der Waals surface area contributed by atoms with Crippen LogP contribution in [0.25, 0.3) is 0 Å². The number of anilines is 2. The molecule has 6 heteroatoms. The average molecular weight is 338 g/mol. The molecular formula is C18H16ClN5. The van der Waals surface area contributed by atoms with Gasteiger partial charge < -0.3 is 5.32 Å². The van der Waals surface area contributed by atoms with Crippen LogP contribution in [-0.4, -0.2) is 20.9 Å². The molecule has 0 amide bonds. The Bertz CT molecular complexity index is 958. The fourth-order valence-corrected chi connectivity index (χ4v) is 3.01. The number of halogens is 1. The Labute approximate surface area is 144 Å². The molecule has 0 aliphatic carbocycles. The summed E-state index contributed by atoms with van der Waals surface area (Å²) >= 11 is 6.43. The number of hydrogen-bond acceptors (Lipinski definition) is 4. The van der Waals surface area contributed by atoms with Crippen LogP contribution in [0.5, 0.6) is 0 Å². The van der Waals surface area contributed by atoms with E-state index in [4.69, 9.17) is 16.6 Å². The summed E-state index contributed by atoms with van der Waals surface area (Å²) in [6.07, 6.45) is 2.72. The second kappa shape index (κ2) is 5.76. The maximum Gasteiger partial charge on any atom is 0.178 e. The first-order valence-electron chi connectivity index (χ1n) is 7.82. The molecule has 24 heavy (non-hydrogen) atoms. The number of pyridine rings is 1. The molecule has 4 rings (SSSR count). The first-order valence-corrected chi connectivity index (χ1v) is 8.20. The highest BCUT2D eigenvalue weighted by molar-refractivity contribution is 6.36. The zero-order valence-electron chi connectivity index (χ0n) is 13.4. The van der Waals surface area contributed by atoms with E-state index in [0.717, 1.165) is 46.0 Å². The van der Waals surface area contributed by atoms with Crippen molar-refractivity contribution in [2.45, 2.75) is 20.3 Å². The van der Waals surface area contributed by atoms with Gasteiger partial charge in [-0.15, -0.1) is 0 Å². The van der Waals surface area contributed by atoms with Crippen LogP contribution in [0.2, 0.25) is 5.02 Å². The molecule has 2 N–H and O–H groups in total. The van der Waals surface area contributed by atoms with Gasteiger partial charge in [0.2, 0.25) is 0 Å². The molecule has 0 saturated carbocycles. The molecule has 5 nitrogen and oxygen atoms in total. The number of nitrogens with one attached hydrogen (secondary N) is 2. The van der Waals surface area contributed by atoms with Crippen molar-refractivity contribution in [1.82, 2.24) is 15.2 Å². The van der Waals surface area contributed by atoms with Crippen LogP contribution in [0.15, 0.2) is 41.5 Å². The third-order valence-corrected chi connectivity index (χ3v) is 4.43. The topological polar surface area (TPSA) is 66.0 Å². The molecule has 3 aromatic rings. The Morgan fingerprint density at radius 3 is 2.79 bits per heavy atom. The van der Waals surface area contributed by atoms with Crippen molar-refractivity contribution in [3.63, 3.8) is 0 Å². The summed E-state index contributed by atoms with van der Waals surface area (Å²) in [6, 6.07) is 9.75. The number of rotatable bonds is 2. The van der Waals surface area contributed by atoms with Crippen LogP contribution in [0, 0.1) is 6.92 Å². The van der Waals surface area contributed by atoms with Gasteiger partial charge in [0.25, 0.3) is 0 Å². The second-order valence-electron chi connectivity index (χ2n) is 5.69. The summed E-state index contributed by atoms with van der Waals surface area (Å²) in [5.41, 5.74) is 6.22. The molecule has 0 atom stereocenters. The van der Waals surface area contributed by atoms with Gasteiger partial charge in [-0.2, -0.15) is 5.10 Å². The van der Waals surface area contributed by atoms with Crippen molar-refractivity contribution in [2.24, 2.45) is 4.99 Å². The van der Waals surface area contributed by atoms with Gasteiger partial charge in [0.1, 0.15) is 5.69 Å². The average Bonchev–Trinajstić information content (AvgIpc) is 2.85. The minimum absolute atomic E-state index is 0.659. The summed E-state index contributed by atoms with van der Waals surface area (Å²) < 4.78 is 0. The smallest absolute Gasteiger partial charge is 0.178 e. The van der Waals surface area contributed by atoms with Crippen molar-refractivity contribution in [2.75, 3.05) is 5.32 Å². The monoisotopic (exact) mass is 337 g/mol. The van der Waals surface area contributed by atoms with Crippen LogP contribution >= 0.6 is 11.6 Å². The molecule has 120 valence electrons. The molecule has 0 spiro atoms. The minimum atomic E-state index is 0.659. The van der Waals surface area contributed by atoms with Gasteiger partial charge in [0, 0.05) is 28.0 Å². The molecule has 1 aliphatic heterocycles. The number of benzene rings is 1. The third kappa shape index (κ3) is 2.37. The van der Waals surface area contributed by atoms with E-state index in [2.05, 4.69) is 27.4 Å². The molecule has 1 aromatic carbocycles. The van der Waals surface area contributed by atoms with Crippen LogP contribution in [0.3, 0.4) is 0 Å². The highest BCUT2D eigenvalue weighted by Gasteiger charge is 2.22. The summed E-state index contributed by atoms with van der Waals surface area (Å²) in [5, 5.41) is 11.3. The Hall–Kier alpha value is -2.66. The highest BCUT2D eigenvalue weighted by Crippen LogP contribution is 2.37. The minimum Gasteiger partial charge on any atom is -0.336 e. The number of aryl methyl sites for hydroxylation is 2.